The molecule has 44 heavy (non-hydrogen) atoms. The molecule has 4 rings (SSSR count). The van der Waals surface area contributed by atoms with Gasteiger partial charge in [-0.25, -0.2) is 4.79 Å². The van der Waals surface area contributed by atoms with Crippen LogP contribution in [0.1, 0.15) is 34.3 Å². The van der Waals surface area contributed by atoms with Gasteiger partial charge in [-0.05, 0) is 41.8 Å². The second-order valence-electron chi connectivity index (χ2n) is 9.82. The van der Waals surface area contributed by atoms with E-state index in [0.717, 1.165) is 0 Å². The van der Waals surface area contributed by atoms with Gasteiger partial charge < -0.3 is 14.4 Å². The molecule has 1 saturated heterocycles. The molecule has 2 atom stereocenters. The van der Waals surface area contributed by atoms with Crippen LogP contribution >= 0.6 is 23.5 Å². The monoisotopic (exact) mass is 639 g/mol. The van der Waals surface area contributed by atoms with Crippen molar-refractivity contribution in [3.05, 3.63) is 116 Å². The van der Waals surface area contributed by atoms with Crippen molar-refractivity contribution >= 4 is 52.1 Å². The van der Waals surface area contributed by atoms with Crippen LogP contribution in [0.25, 0.3) is 0 Å². The minimum absolute atomic E-state index is 0.00679. The van der Waals surface area contributed by atoms with E-state index in [-0.39, 0.29) is 47.4 Å². The van der Waals surface area contributed by atoms with Gasteiger partial charge in [0.15, 0.2) is 0 Å². The number of nitro benzene ring substituents is 2. The summed E-state index contributed by atoms with van der Waals surface area (Å²) in [6.45, 7) is 0.256. The molecule has 0 N–H and O–H groups in total. The van der Waals surface area contributed by atoms with E-state index in [1.807, 2.05) is 6.07 Å². The maximum Gasteiger partial charge on any atom is 0.410 e. The van der Waals surface area contributed by atoms with E-state index >= 15 is 0 Å². The Kier molecular flexibility index (Phi) is 11.7. The number of amides is 1. The number of rotatable bonds is 13. The summed E-state index contributed by atoms with van der Waals surface area (Å²) in [6, 6.07) is 20.2. The Morgan fingerprint density at radius 1 is 0.818 bits per heavy atom. The number of carbonyl (C=O) groups is 3. The van der Waals surface area contributed by atoms with E-state index in [9.17, 15) is 34.6 Å². The van der Waals surface area contributed by atoms with Gasteiger partial charge in [-0.3, -0.25) is 29.8 Å². The number of esters is 1. The summed E-state index contributed by atoms with van der Waals surface area (Å²) >= 11 is 2.66. The second-order valence-corrected chi connectivity index (χ2v) is 12.2. The molecule has 1 aliphatic rings. The number of carbonyl (C=O) groups excluding carboxylic acids is 3. The van der Waals surface area contributed by atoms with E-state index in [2.05, 4.69) is 0 Å². The van der Waals surface area contributed by atoms with Crippen molar-refractivity contribution in [1.82, 2.24) is 4.90 Å². The largest absolute Gasteiger partial charge is 0.461 e. The Balaban J connectivity index is 1.28. The molecule has 3 aromatic rings. The fourth-order valence-corrected chi connectivity index (χ4v) is 6.60. The van der Waals surface area contributed by atoms with E-state index in [1.54, 1.807) is 29.2 Å². The zero-order chi connectivity index (χ0) is 31.5. The van der Waals surface area contributed by atoms with Crippen LogP contribution < -0.4 is 0 Å². The lowest BCUT2D eigenvalue weighted by molar-refractivity contribution is -0.385. The quantitative estimate of drug-likeness (QED) is 0.0931. The van der Waals surface area contributed by atoms with Crippen molar-refractivity contribution in [1.29, 1.82) is 0 Å². The number of hydrogen-bond donors (Lipinski definition) is 0. The van der Waals surface area contributed by atoms with Gasteiger partial charge in [0.1, 0.15) is 13.2 Å². The summed E-state index contributed by atoms with van der Waals surface area (Å²) in [5.41, 5.74) is 1.72. The third kappa shape index (κ3) is 9.54. The highest BCUT2D eigenvalue weighted by atomic mass is 32.2. The van der Waals surface area contributed by atoms with Crippen LogP contribution in [0.3, 0.4) is 0 Å². The van der Waals surface area contributed by atoms with E-state index < -0.39 is 21.9 Å². The minimum Gasteiger partial charge on any atom is -0.461 e. The first kappa shape index (κ1) is 32.5. The topological polar surface area (TPSA) is 159 Å². The van der Waals surface area contributed by atoms with Crippen molar-refractivity contribution in [2.75, 3.05) is 18.1 Å². The number of ether oxygens (including phenoxy) is 2. The van der Waals surface area contributed by atoms with Gasteiger partial charge in [0.05, 0.1) is 16.3 Å². The molecule has 0 aromatic heterocycles. The summed E-state index contributed by atoms with van der Waals surface area (Å²) in [7, 11) is 0. The first-order valence-corrected chi connectivity index (χ1v) is 15.6. The summed E-state index contributed by atoms with van der Waals surface area (Å²) in [5, 5.41) is 21.4. The molecular formula is C30H29N3O9S2. The Morgan fingerprint density at radius 3 is 1.95 bits per heavy atom. The molecule has 0 unspecified atom stereocenters. The maximum absolute atomic E-state index is 13.1. The van der Waals surface area contributed by atoms with Crippen LogP contribution in [0.5, 0.6) is 0 Å². The van der Waals surface area contributed by atoms with Crippen molar-refractivity contribution in [2.24, 2.45) is 0 Å². The van der Waals surface area contributed by atoms with Crippen LogP contribution in [-0.2, 0) is 27.5 Å². The van der Waals surface area contributed by atoms with Gasteiger partial charge in [-0.1, -0.05) is 42.1 Å². The average Bonchev–Trinajstić information content (AvgIpc) is 3.44. The lowest BCUT2D eigenvalue weighted by Gasteiger charge is -2.23. The molecule has 0 spiro atoms. The van der Waals surface area contributed by atoms with Crippen LogP contribution in [0.4, 0.5) is 16.2 Å². The Labute approximate surface area is 261 Å². The predicted molar refractivity (Wildman–Crippen MR) is 165 cm³/mol. The van der Waals surface area contributed by atoms with Gasteiger partial charge >= 0.3 is 12.1 Å². The minimum atomic E-state index is -0.549. The highest BCUT2D eigenvalue weighted by Gasteiger charge is 2.37. The van der Waals surface area contributed by atoms with E-state index in [1.165, 1.54) is 72.1 Å². The SMILES string of the molecule is O=C(CCSC[C@@H]1C[C@H](SC(=O)c2ccccc2)CN1C(=O)OCc1ccc([N+](=O)[O-])cc1)OCc1ccc([N+](=O)[O-])cc1. The summed E-state index contributed by atoms with van der Waals surface area (Å²) < 4.78 is 10.8. The lowest BCUT2D eigenvalue weighted by Crippen LogP contribution is -2.37. The van der Waals surface area contributed by atoms with Gasteiger partial charge in [-0.15, -0.1) is 0 Å². The lowest BCUT2D eigenvalue weighted by atomic mass is 10.2. The standard InChI is InChI=1S/C30H29N3O9S2/c34-28(41-18-21-6-10-24(11-7-21)32(37)38)14-15-43-20-26-16-27(44-29(35)23-4-2-1-3-5-23)17-31(26)30(36)42-19-22-8-12-25(13-9-22)33(39)40/h1-13,26-27H,14-20H2/t26-,27-/m0/s1. The number of nitro groups is 2. The second kappa shape index (κ2) is 15.9. The molecule has 0 saturated carbocycles. The fraction of sp³-hybridized carbons (Fsp3) is 0.300. The predicted octanol–water partition coefficient (Wildman–Crippen LogP) is 6.02. The van der Waals surface area contributed by atoms with Crippen molar-refractivity contribution in [3.8, 4) is 0 Å². The highest BCUT2D eigenvalue weighted by molar-refractivity contribution is 8.14. The third-order valence-corrected chi connectivity index (χ3v) is 8.95. The van der Waals surface area contributed by atoms with Crippen LogP contribution in [0.15, 0.2) is 78.9 Å². The Morgan fingerprint density at radius 2 is 1.39 bits per heavy atom. The Bertz CT molecular complexity index is 1470. The first-order valence-electron chi connectivity index (χ1n) is 13.6. The fourth-order valence-electron chi connectivity index (χ4n) is 4.40. The van der Waals surface area contributed by atoms with Crippen LogP contribution in [0.2, 0.25) is 0 Å². The number of thioether (sulfide) groups is 2. The number of likely N-dealkylation sites (tertiary alicyclic amines) is 1. The normalized spacial score (nSPS) is 15.9. The number of non-ortho nitro benzene ring substituents is 2. The third-order valence-electron chi connectivity index (χ3n) is 6.71. The molecule has 0 aliphatic carbocycles. The van der Waals surface area contributed by atoms with Crippen LogP contribution in [0, 0.1) is 20.2 Å². The molecule has 14 heteroatoms. The zero-order valence-corrected chi connectivity index (χ0v) is 25.1. The molecule has 230 valence electrons. The number of benzene rings is 3. The van der Waals surface area contributed by atoms with Crippen molar-refractivity contribution in [3.63, 3.8) is 0 Å². The van der Waals surface area contributed by atoms with Gasteiger partial charge in [-0.2, -0.15) is 11.8 Å². The molecular weight excluding hydrogens is 610 g/mol. The summed E-state index contributed by atoms with van der Waals surface area (Å²) in [5.74, 6) is 0.546. The van der Waals surface area contributed by atoms with E-state index in [4.69, 9.17) is 9.47 Å². The smallest absolute Gasteiger partial charge is 0.410 e. The maximum atomic E-state index is 13.1. The number of hydrogen-bond acceptors (Lipinski definition) is 11. The molecule has 0 bridgehead atoms. The molecule has 3 aromatic carbocycles. The average molecular weight is 640 g/mol. The van der Waals surface area contributed by atoms with Gasteiger partial charge in [0, 0.05) is 59.2 Å². The van der Waals surface area contributed by atoms with Gasteiger partial charge in [0.25, 0.3) is 11.4 Å². The Hall–Kier alpha value is -4.43. The van der Waals surface area contributed by atoms with Gasteiger partial charge in [0.2, 0.25) is 5.12 Å². The molecule has 0 radical (unpaired) electrons. The molecule has 1 heterocycles. The molecule has 1 amide bonds. The highest BCUT2D eigenvalue weighted by Crippen LogP contribution is 2.32. The number of nitrogens with zero attached hydrogens (tertiary/aromatic N) is 3. The summed E-state index contributed by atoms with van der Waals surface area (Å²) in [4.78, 5) is 60.4. The zero-order valence-electron chi connectivity index (χ0n) is 23.4. The first-order chi connectivity index (χ1) is 21.2. The molecule has 1 aliphatic heterocycles. The summed E-state index contributed by atoms with van der Waals surface area (Å²) in [6.07, 6.45) is 0.152. The van der Waals surface area contributed by atoms with Crippen LogP contribution in [-0.4, -0.2) is 61.3 Å². The van der Waals surface area contributed by atoms with Crippen molar-refractivity contribution < 1.29 is 33.7 Å². The van der Waals surface area contributed by atoms with E-state index in [0.29, 0.717) is 41.2 Å². The van der Waals surface area contributed by atoms with Crippen molar-refractivity contribution in [2.45, 2.75) is 37.3 Å². The molecule has 12 nitrogen and oxygen atoms in total. The molecule has 1 fully saturated rings.